The fourth-order valence-corrected chi connectivity index (χ4v) is 5.02. The summed E-state index contributed by atoms with van der Waals surface area (Å²) in [4.78, 5) is 9.17. The summed E-state index contributed by atoms with van der Waals surface area (Å²) in [6.07, 6.45) is 1.91. The zero-order valence-electron chi connectivity index (χ0n) is 22.9. The Labute approximate surface area is 243 Å². The van der Waals surface area contributed by atoms with E-state index in [2.05, 4.69) is 80.1 Å². The minimum Gasteiger partial charge on any atom is -0.507 e. The molecule has 39 heavy (non-hydrogen) atoms. The number of phenolic OH excluding ortho intramolecular Hbond substituents is 1. The molecule has 6 aromatic rings. The minimum absolute atomic E-state index is 0. The first-order chi connectivity index (χ1) is 18.3. The van der Waals surface area contributed by atoms with E-state index in [1.807, 2.05) is 60.3 Å². The van der Waals surface area contributed by atoms with Crippen LogP contribution in [0.15, 0.2) is 91.1 Å². The molecule has 1 N–H and O–H groups in total. The van der Waals surface area contributed by atoms with Gasteiger partial charge in [0, 0.05) is 33.3 Å². The molecule has 2 aromatic heterocycles. The molecule has 0 saturated heterocycles. The predicted octanol–water partition coefficient (Wildman–Crippen LogP) is 8.39. The number of benzene rings is 4. The van der Waals surface area contributed by atoms with Crippen LogP contribution in [0.1, 0.15) is 36.5 Å². The number of rotatable bonds is 3. The van der Waals surface area contributed by atoms with Crippen molar-refractivity contribution in [2.45, 2.75) is 33.6 Å². The van der Waals surface area contributed by atoms with Crippen LogP contribution in [0.2, 0.25) is 0 Å². The van der Waals surface area contributed by atoms with Crippen LogP contribution < -0.4 is 0 Å². The molecule has 0 aliphatic carbocycles. The van der Waals surface area contributed by atoms with Gasteiger partial charge < -0.3 is 14.7 Å². The Morgan fingerprint density at radius 2 is 1.59 bits per heavy atom. The standard InChI is InChI=1S/C20H20N.C14H12N2O.Ir/c1-13(2)17-6-5-7-19-18(17)8-9-21-20(19)16-11-14(3)10-15(4)12-16;1-16-12-8-4-3-7-11(12)15-14(16)10-6-2-5-9-13(10)17;/h5-11,13H,1-4H3;2-9,17H,1H3;/q-1;;. The third kappa shape index (κ3) is 5.80. The number of aromatic nitrogens is 3. The summed E-state index contributed by atoms with van der Waals surface area (Å²) in [5.41, 5.74) is 8.65. The minimum atomic E-state index is 0. The topological polar surface area (TPSA) is 50.9 Å². The number of aryl methyl sites for hydroxylation is 3. The quantitative estimate of drug-likeness (QED) is 0.190. The summed E-state index contributed by atoms with van der Waals surface area (Å²) >= 11 is 0. The number of nitrogens with zero attached hydrogens (tertiary/aromatic N) is 3. The van der Waals surface area contributed by atoms with Crippen LogP contribution in [0, 0.1) is 19.9 Å². The maximum absolute atomic E-state index is 9.86. The van der Waals surface area contributed by atoms with E-state index in [0.717, 1.165) is 39.2 Å². The molecule has 199 valence electrons. The second-order valence-electron chi connectivity index (χ2n) is 10.0. The summed E-state index contributed by atoms with van der Waals surface area (Å²) in [6, 6.07) is 31.6. The Kier molecular flexibility index (Phi) is 8.64. The monoisotopic (exact) mass is 691 g/mol. The Hall–Kier alpha value is -3.79. The second kappa shape index (κ2) is 11.9. The molecule has 0 saturated carbocycles. The molecule has 0 atom stereocenters. The zero-order chi connectivity index (χ0) is 26.8. The van der Waals surface area contributed by atoms with E-state index < -0.39 is 0 Å². The number of hydrogen-bond acceptors (Lipinski definition) is 3. The third-order valence-electron chi connectivity index (χ3n) is 6.80. The van der Waals surface area contributed by atoms with E-state index in [1.54, 1.807) is 6.07 Å². The molecule has 0 aliphatic heterocycles. The average molecular weight is 691 g/mol. The summed E-state index contributed by atoms with van der Waals surface area (Å²) in [5, 5.41) is 12.4. The van der Waals surface area contributed by atoms with Crippen molar-refractivity contribution in [1.82, 2.24) is 14.5 Å². The van der Waals surface area contributed by atoms with E-state index in [9.17, 15) is 5.11 Å². The summed E-state index contributed by atoms with van der Waals surface area (Å²) in [7, 11) is 1.96. The summed E-state index contributed by atoms with van der Waals surface area (Å²) in [5.74, 6) is 1.54. The molecule has 0 spiro atoms. The number of para-hydroxylation sites is 3. The van der Waals surface area contributed by atoms with E-state index in [0.29, 0.717) is 5.92 Å². The van der Waals surface area contributed by atoms with Crippen molar-refractivity contribution in [2.75, 3.05) is 0 Å². The number of aromatic hydroxyl groups is 1. The van der Waals surface area contributed by atoms with Gasteiger partial charge in [-0.1, -0.05) is 70.2 Å². The van der Waals surface area contributed by atoms with Crippen molar-refractivity contribution in [2.24, 2.45) is 7.05 Å². The van der Waals surface area contributed by atoms with Crippen molar-refractivity contribution >= 4 is 21.8 Å². The fraction of sp³-hybridized carbons (Fsp3) is 0.176. The van der Waals surface area contributed by atoms with Crippen LogP contribution >= 0.6 is 0 Å². The maximum atomic E-state index is 9.86. The first-order valence-electron chi connectivity index (χ1n) is 12.9. The molecule has 0 aliphatic rings. The van der Waals surface area contributed by atoms with Crippen LogP contribution in [-0.2, 0) is 27.2 Å². The number of imidazole rings is 1. The van der Waals surface area contributed by atoms with Gasteiger partial charge in [0.15, 0.2) is 0 Å². The van der Waals surface area contributed by atoms with Crippen LogP contribution in [0.25, 0.3) is 44.5 Å². The molecular formula is C34H32IrN3O-. The predicted molar refractivity (Wildman–Crippen MR) is 157 cm³/mol. The molecule has 0 unspecified atom stereocenters. The van der Waals surface area contributed by atoms with E-state index >= 15 is 0 Å². The zero-order valence-corrected chi connectivity index (χ0v) is 25.3. The smallest absolute Gasteiger partial charge is 0.144 e. The van der Waals surface area contributed by atoms with E-state index in [1.165, 1.54) is 21.9 Å². The molecule has 0 bridgehead atoms. The van der Waals surface area contributed by atoms with Crippen molar-refractivity contribution < 1.29 is 25.2 Å². The Balaban J connectivity index is 0.000000180. The molecule has 4 aromatic carbocycles. The van der Waals surface area contributed by atoms with Crippen molar-refractivity contribution in [3.63, 3.8) is 0 Å². The molecule has 6 rings (SSSR count). The molecule has 2 heterocycles. The number of pyridine rings is 1. The van der Waals surface area contributed by atoms with Crippen LogP contribution in [0.3, 0.4) is 0 Å². The van der Waals surface area contributed by atoms with Gasteiger partial charge in [0.1, 0.15) is 11.6 Å². The number of hydrogen-bond donors (Lipinski definition) is 1. The summed E-state index contributed by atoms with van der Waals surface area (Å²) < 4.78 is 1.99. The maximum Gasteiger partial charge on any atom is 0.144 e. The summed E-state index contributed by atoms with van der Waals surface area (Å²) in [6.45, 7) is 8.67. The van der Waals surface area contributed by atoms with E-state index in [-0.39, 0.29) is 25.9 Å². The SMILES string of the molecule is Cc1[c-]c(-c2nccc3c(C(C)C)cccc23)cc(C)c1.Cn1c(-c2ccccc2O)nc2ccccc21.[Ir]. The normalized spacial score (nSPS) is 10.8. The molecule has 4 nitrogen and oxygen atoms in total. The molecule has 1 radical (unpaired) electrons. The van der Waals surface area contributed by atoms with Gasteiger partial charge in [-0.05, 0) is 58.3 Å². The first kappa shape index (κ1) is 28.2. The van der Waals surface area contributed by atoms with Gasteiger partial charge >= 0.3 is 0 Å². The van der Waals surface area contributed by atoms with Crippen molar-refractivity contribution in [3.8, 4) is 28.4 Å². The van der Waals surface area contributed by atoms with Gasteiger partial charge in [0.05, 0.1) is 16.6 Å². The third-order valence-corrected chi connectivity index (χ3v) is 6.80. The van der Waals surface area contributed by atoms with E-state index in [4.69, 9.17) is 0 Å². The van der Waals surface area contributed by atoms with Gasteiger partial charge in [0.2, 0.25) is 0 Å². The van der Waals surface area contributed by atoms with Crippen LogP contribution in [0.5, 0.6) is 5.75 Å². The molecule has 0 amide bonds. The van der Waals surface area contributed by atoms with Gasteiger partial charge in [-0.25, -0.2) is 4.98 Å². The van der Waals surface area contributed by atoms with Gasteiger partial charge in [-0.3, -0.25) is 0 Å². The molecule has 5 heteroatoms. The fourth-order valence-electron chi connectivity index (χ4n) is 5.02. The Morgan fingerprint density at radius 3 is 2.31 bits per heavy atom. The second-order valence-corrected chi connectivity index (χ2v) is 10.0. The van der Waals surface area contributed by atoms with Gasteiger partial charge in [-0.15, -0.1) is 34.9 Å². The molecular weight excluding hydrogens is 659 g/mol. The van der Waals surface area contributed by atoms with Crippen LogP contribution in [0.4, 0.5) is 0 Å². The van der Waals surface area contributed by atoms with Crippen LogP contribution in [-0.4, -0.2) is 19.6 Å². The Bertz CT molecular complexity index is 1730. The number of fused-ring (bicyclic) bond motifs is 2. The van der Waals surface area contributed by atoms with Crippen molar-refractivity contribution in [3.05, 3.63) is 114 Å². The number of phenols is 1. The van der Waals surface area contributed by atoms with Gasteiger partial charge in [-0.2, -0.15) is 0 Å². The van der Waals surface area contributed by atoms with Crippen molar-refractivity contribution in [1.29, 1.82) is 0 Å². The first-order valence-corrected chi connectivity index (χ1v) is 12.9. The average Bonchev–Trinajstić information content (AvgIpc) is 3.24. The Morgan fingerprint density at radius 1 is 0.846 bits per heavy atom. The largest absolute Gasteiger partial charge is 0.507 e. The molecule has 0 fully saturated rings. The van der Waals surface area contributed by atoms with Gasteiger partial charge in [0.25, 0.3) is 0 Å².